The zero-order valence-corrected chi connectivity index (χ0v) is 12.2. The zero-order chi connectivity index (χ0) is 16.2. The van der Waals surface area contributed by atoms with Gasteiger partial charge in [0.2, 0.25) is 0 Å². The first-order valence-corrected chi connectivity index (χ1v) is 7.24. The van der Waals surface area contributed by atoms with E-state index in [9.17, 15) is 18.7 Å². The van der Waals surface area contributed by atoms with Crippen molar-refractivity contribution in [2.75, 3.05) is 26.2 Å². The van der Waals surface area contributed by atoms with Gasteiger partial charge in [0.25, 0.3) is 5.91 Å². The number of nitrogens with zero attached hydrogens (tertiary/aromatic N) is 1. The molecule has 0 unspecified atom stereocenters. The Balaban J connectivity index is 2.08. The molecule has 2 rings (SSSR count). The average molecular weight is 314 g/mol. The van der Waals surface area contributed by atoms with E-state index in [1.165, 1.54) is 17.0 Å². The lowest BCUT2D eigenvalue weighted by Crippen LogP contribution is -2.57. The smallest absolute Gasteiger partial charge is 0.256 e. The van der Waals surface area contributed by atoms with Gasteiger partial charge in [-0.15, -0.1) is 0 Å². The number of aliphatic hydroxyl groups excluding tert-OH is 1. The Kier molecular flexibility index (Phi) is 5.44. The van der Waals surface area contributed by atoms with Gasteiger partial charge in [-0.3, -0.25) is 4.79 Å². The summed E-state index contributed by atoms with van der Waals surface area (Å²) in [5.41, 5.74) is -1.49. The summed E-state index contributed by atoms with van der Waals surface area (Å²) >= 11 is 0. The predicted octanol–water partition coefficient (Wildman–Crippen LogP) is 0.400. The maximum atomic E-state index is 13.7. The Bertz CT molecular complexity index is 542. The van der Waals surface area contributed by atoms with Gasteiger partial charge in [-0.25, -0.2) is 8.78 Å². The molecule has 1 aromatic carbocycles. The molecule has 3 N–H and O–H groups in total. The quantitative estimate of drug-likeness (QED) is 0.665. The standard InChI is InChI=1S/C15H20F2N2O3/c16-12-4-1-3-11(13(12)17)9-19-7-2-5-15(22,14(19)21)10-18-6-8-20/h1,3-4,18,20,22H,2,5-10H2/t15-/m1/s1. The Morgan fingerprint density at radius 2 is 2.14 bits per heavy atom. The average Bonchev–Trinajstić information content (AvgIpc) is 2.49. The Labute approximate surface area is 127 Å². The number of piperidine rings is 1. The molecule has 1 aliphatic heterocycles. The van der Waals surface area contributed by atoms with Gasteiger partial charge in [-0.1, -0.05) is 12.1 Å². The van der Waals surface area contributed by atoms with Gasteiger partial charge < -0.3 is 20.4 Å². The molecule has 5 nitrogen and oxygen atoms in total. The van der Waals surface area contributed by atoms with Crippen LogP contribution in [0.5, 0.6) is 0 Å². The van der Waals surface area contributed by atoms with Gasteiger partial charge in [0.05, 0.1) is 6.61 Å². The highest BCUT2D eigenvalue weighted by atomic mass is 19.2. The number of carbonyl (C=O) groups excluding carboxylic acids is 1. The number of amides is 1. The molecule has 1 aliphatic rings. The van der Waals surface area contributed by atoms with E-state index in [2.05, 4.69) is 5.32 Å². The van der Waals surface area contributed by atoms with Crippen LogP contribution in [-0.4, -0.2) is 52.9 Å². The summed E-state index contributed by atoms with van der Waals surface area (Å²) in [6.45, 7) is 0.507. The van der Waals surface area contributed by atoms with Crippen molar-refractivity contribution >= 4 is 5.91 Å². The van der Waals surface area contributed by atoms with Crippen LogP contribution in [0.4, 0.5) is 8.78 Å². The van der Waals surface area contributed by atoms with Crippen molar-refractivity contribution in [3.63, 3.8) is 0 Å². The zero-order valence-electron chi connectivity index (χ0n) is 12.2. The molecule has 1 saturated heterocycles. The molecule has 1 aromatic rings. The largest absolute Gasteiger partial charge is 0.395 e. The lowest BCUT2D eigenvalue weighted by Gasteiger charge is -2.38. The maximum Gasteiger partial charge on any atom is 0.256 e. The molecule has 1 heterocycles. The van der Waals surface area contributed by atoms with E-state index in [4.69, 9.17) is 5.11 Å². The molecular weight excluding hydrogens is 294 g/mol. The van der Waals surface area contributed by atoms with E-state index < -0.39 is 23.1 Å². The highest BCUT2D eigenvalue weighted by molar-refractivity contribution is 5.86. The number of hydrogen-bond acceptors (Lipinski definition) is 4. The van der Waals surface area contributed by atoms with Crippen LogP contribution < -0.4 is 5.32 Å². The number of carbonyl (C=O) groups is 1. The molecule has 0 saturated carbocycles. The molecule has 1 atom stereocenters. The highest BCUT2D eigenvalue weighted by Gasteiger charge is 2.41. The molecule has 0 radical (unpaired) electrons. The summed E-state index contributed by atoms with van der Waals surface area (Å²) < 4.78 is 26.9. The molecule has 0 bridgehead atoms. The summed E-state index contributed by atoms with van der Waals surface area (Å²) in [4.78, 5) is 13.7. The molecule has 7 heteroatoms. The molecular formula is C15H20F2N2O3. The van der Waals surface area contributed by atoms with E-state index >= 15 is 0 Å². The first kappa shape index (κ1) is 16.8. The fraction of sp³-hybridized carbons (Fsp3) is 0.533. The number of aliphatic hydroxyl groups is 2. The third-order valence-corrected chi connectivity index (χ3v) is 3.80. The van der Waals surface area contributed by atoms with Gasteiger partial charge >= 0.3 is 0 Å². The van der Waals surface area contributed by atoms with Crippen LogP contribution in [0.2, 0.25) is 0 Å². The molecule has 1 fully saturated rings. The lowest BCUT2D eigenvalue weighted by atomic mass is 9.91. The van der Waals surface area contributed by atoms with E-state index in [1.54, 1.807) is 0 Å². The molecule has 0 aromatic heterocycles. The van der Waals surface area contributed by atoms with Crippen molar-refractivity contribution in [3.8, 4) is 0 Å². The summed E-state index contributed by atoms with van der Waals surface area (Å²) in [7, 11) is 0. The highest BCUT2D eigenvalue weighted by Crippen LogP contribution is 2.24. The van der Waals surface area contributed by atoms with Gasteiger partial charge in [0, 0.05) is 31.7 Å². The van der Waals surface area contributed by atoms with Crippen LogP contribution in [-0.2, 0) is 11.3 Å². The second kappa shape index (κ2) is 7.13. The van der Waals surface area contributed by atoms with Crippen LogP contribution in [0.3, 0.4) is 0 Å². The molecule has 1 amide bonds. The minimum absolute atomic E-state index is 0.0223. The van der Waals surface area contributed by atoms with Crippen LogP contribution in [0.1, 0.15) is 18.4 Å². The normalized spacial score (nSPS) is 22.2. The SMILES string of the molecule is O=C1N(Cc2cccc(F)c2F)CCC[C@@]1(O)CNCCO. The van der Waals surface area contributed by atoms with Crippen molar-refractivity contribution in [3.05, 3.63) is 35.4 Å². The number of nitrogens with one attached hydrogen (secondary N) is 1. The predicted molar refractivity (Wildman–Crippen MR) is 75.9 cm³/mol. The van der Waals surface area contributed by atoms with Gasteiger partial charge in [0.15, 0.2) is 17.2 Å². The van der Waals surface area contributed by atoms with Crippen LogP contribution in [0.15, 0.2) is 18.2 Å². The van der Waals surface area contributed by atoms with E-state index in [-0.39, 0.29) is 31.8 Å². The van der Waals surface area contributed by atoms with Gasteiger partial charge in [-0.05, 0) is 18.9 Å². The number of benzene rings is 1. The summed E-state index contributed by atoms with van der Waals surface area (Å²) in [6.07, 6.45) is 0.867. The Morgan fingerprint density at radius 3 is 2.86 bits per heavy atom. The van der Waals surface area contributed by atoms with Gasteiger partial charge in [-0.2, -0.15) is 0 Å². The minimum atomic E-state index is -1.57. The Hall–Kier alpha value is -1.57. The van der Waals surface area contributed by atoms with Crippen LogP contribution in [0.25, 0.3) is 0 Å². The van der Waals surface area contributed by atoms with Crippen molar-refractivity contribution in [1.29, 1.82) is 0 Å². The van der Waals surface area contributed by atoms with Crippen LogP contribution >= 0.6 is 0 Å². The third-order valence-electron chi connectivity index (χ3n) is 3.80. The van der Waals surface area contributed by atoms with E-state index in [1.807, 2.05) is 0 Å². The second-order valence-corrected chi connectivity index (χ2v) is 5.48. The fourth-order valence-corrected chi connectivity index (χ4v) is 2.63. The minimum Gasteiger partial charge on any atom is -0.395 e. The van der Waals surface area contributed by atoms with Gasteiger partial charge in [0.1, 0.15) is 0 Å². The molecule has 0 spiro atoms. The fourth-order valence-electron chi connectivity index (χ4n) is 2.63. The topological polar surface area (TPSA) is 72.8 Å². The second-order valence-electron chi connectivity index (χ2n) is 5.48. The number of hydrogen-bond donors (Lipinski definition) is 3. The van der Waals surface area contributed by atoms with Crippen LogP contribution in [0, 0.1) is 11.6 Å². The number of halogens is 2. The summed E-state index contributed by atoms with van der Waals surface area (Å²) in [5, 5.41) is 22.0. The van der Waals surface area contributed by atoms with Crippen molar-refractivity contribution in [2.45, 2.75) is 25.0 Å². The first-order chi connectivity index (χ1) is 10.5. The van der Waals surface area contributed by atoms with E-state index in [0.29, 0.717) is 19.4 Å². The monoisotopic (exact) mass is 314 g/mol. The van der Waals surface area contributed by atoms with E-state index in [0.717, 1.165) is 6.07 Å². The maximum absolute atomic E-state index is 13.7. The summed E-state index contributed by atoms with van der Waals surface area (Å²) in [6, 6.07) is 3.83. The Morgan fingerprint density at radius 1 is 1.36 bits per heavy atom. The molecule has 122 valence electrons. The molecule has 22 heavy (non-hydrogen) atoms. The number of rotatable bonds is 6. The van der Waals surface area contributed by atoms with Crippen molar-refractivity contribution in [1.82, 2.24) is 10.2 Å². The third kappa shape index (κ3) is 3.60. The van der Waals surface area contributed by atoms with Crippen molar-refractivity contribution in [2.24, 2.45) is 0 Å². The number of likely N-dealkylation sites (tertiary alicyclic amines) is 1. The first-order valence-electron chi connectivity index (χ1n) is 7.24. The lowest BCUT2D eigenvalue weighted by molar-refractivity contribution is -0.157. The summed E-state index contributed by atoms with van der Waals surface area (Å²) in [5.74, 6) is -2.43. The molecule has 0 aliphatic carbocycles. The van der Waals surface area contributed by atoms with Crippen molar-refractivity contribution < 1.29 is 23.8 Å².